The fraction of sp³-hybridized carbons (Fsp3) is 0.412. The number of nitrogens with one attached hydrogen (secondary N) is 1. The summed E-state index contributed by atoms with van der Waals surface area (Å²) in [5.41, 5.74) is 1.25. The Labute approximate surface area is 115 Å². The van der Waals surface area contributed by atoms with Crippen molar-refractivity contribution in [3.8, 4) is 5.75 Å². The molecule has 0 heterocycles. The lowest BCUT2D eigenvalue weighted by molar-refractivity contribution is 0.407. The van der Waals surface area contributed by atoms with Crippen LogP contribution in [0.4, 0.5) is 0 Å². The summed E-state index contributed by atoms with van der Waals surface area (Å²) in [7, 11) is 1.74. The molecule has 2 aromatic rings. The Morgan fingerprint density at radius 1 is 1.16 bits per heavy atom. The molecule has 0 saturated heterocycles. The van der Waals surface area contributed by atoms with Crippen LogP contribution in [-0.2, 0) is 6.54 Å². The molecule has 2 nitrogen and oxygen atoms in total. The van der Waals surface area contributed by atoms with E-state index in [0.717, 1.165) is 18.8 Å². The zero-order valence-electron chi connectivity index (χ0n) is 12.1. The van der Waals surface area contributed by atoms with Gasteiger partial charge < -0.3 is 10.1 Å². The van der Waals surface area contributed by atoms with E-state index >= 15 is 0 Å². The van der Waals surface area contributed by atoms with Crippen molar-refractivity contribution in [2.75, 3.05) is 13.7 Å². The first-order valence-electron chi connectivity index (χ1n) is 7.01. The molecule has 0 radical (unpaired) electrons. The van der Waals surface area contributed by atoms with Crippen molar-refractivity contribution in [3.63, 3.8) is 0 Å². The third-order valence-corrected chi connectivity index (χ3v) is 3.71. The molecule has 0 fully saturated rings. The molecule has 0 amide bonds. The molecule has 1 N–H and O–H groups in total. The van der Waals surface area contributed by atoms with Crippen LogP contribution in [0.15, 0.2) is 36.4 Å². The largest absolute Gasteiger partial charge is 0.496 e. The highest BCUT2D eigenvalue weighted by Crippen LogP contribution is 2.27. The van der Waals surface area contributed by atoms with E-state index in [-0.39, 0.29) is 0 Å². The summed E-state index contributed by atoms with van der Waals surface area (Å²) in [6.45, 7) is 6.40. The van der Waals surface area contributed by atoms with E-state index in [2.05, 4.69) is 55.6 Å². The maximum atomic E-state index is 5.50. The van der Waals surface area contributed by atoms with Crippen molar-refractivity contribution in [1.82, 2.24) is 5.32 Å². The SMILES string of the molecule is CCC(C)CNCc1c(OC)ccc2ccccc12. The summed E-state index contributed by atoms with van der Waals surface area (Å²) < 4.78 is 5.50. The molecule has 0 bridgehead atoms. The Bertz CT molecular complexity index is 536. The predicted octanol–water partition coefficient (Wildman–Crippen LogP) is 3.98. The van der Waals surface area contributed by atoms with Gasteiger partial charge in [-0.25, -0.2) is 0 Å². The second-order valence-corrected chi connectivity index (χ2v) is 5.11. The Morgan fingerprint density at radius 2 is 1.95 bits per heavy atom. The summed E-state index contributed by atoms with van der Waals surface area (Å²) in [4.78, 5) is 0. The van der Waals surface area contributed by atoms with Crippen LogP contribution in [0.3, 0.4) is 0 Å². The normalized spacial score (nSPS) is 12.6. The van der Waals surface area contributed by atoms with Crippen molar-refractivity contribution in [2.24, 2.45) is 5.92 Å². The van der Waals surface area contributed by atoms with Crippen molar-refractivity contribution in [2.45, 2.75) is 26.8 Å². The molecule has 1 unspecified atom stereocenters. The average molecular weight is 257 g/mol. The first kappa shape index (κ1) is 13.9. The molecule has 0 spiro atoms. The van der Waals surface area contributed by atoms with Crippen LogP contribution in [-0.4, -0.2) is 13.7 Å². The minimum atomic E-state index is 0.709. The van der Waals surface area contributed by atoms with Gasteiger partial charge in [-0.3, -0.25) is 0 Å². The van der Waals surface area contributed by atoms with Crippen LogP contribution < -0.4 is 10.1 Å². The van der Waals surface area contributed by atoms with Gasteiger partial charge in [-0.1, -0.05) is 50.6 Å². The minimum absolute atomic E-state index is 0.709. The van der Waals surface area contributed by atoms with Crippen LogP contribution in [0.5, 0.6) is 5.75 Å². The lowest BCUT2D eigenvalue weighted by Crippen LogP contribution is -2.20. The summed E-state index contributed by atoms with van der Waals surface area (Å²) in [6, 6.07) is 12.6. The van der Waals surface area contributed by atoms with Crippen molar-refractivity contribution < 1.29 is 4.74 Å². The van der Waals surface area contributed by atoms with E-state index in [4.69, 9.17) is 4.74 Å². The maximum Gasteiger partial charge on any atom is 0.123 e. The van der Waals surface area contributed by atoms with Gasteiger partial charge in [-0.05, 0) is 29.3 Å². The molecular weight excluding hydrogens is 234 g/mol. The van der Waals surface area contributed by atoms with E-state index in [1.165, 1.54) is 22.8 Å². The van der Waals surface area contributed by atoms with Gasteiger partial charge in [0.1, 0.15) is 5.75 Å². The van der Waals surface area contributed by atoms with Gasteiger partial charge >= 0.3 is 0 Å². The summed E-state index contributed by atoms with van der Waals surface area (Å²) >= 11 is 0. The van der Waals surface area contributed by atoms with Crippen LogP contribution in [0, 0.1) is 5.92 Å². The number of ether oxygens (including phenoxy) is 1. The smallest absolute Gasteiger partial charge is 0.123 e. The van der Waals surface area contributed by atoms with Gasteiger partial charge in [0.2, 0.25) is 0 Å². The first-order valence-corrected chi connectivity index (χ1v) is 7.01. The number of rotatable bonds is 6. The van der Waals surface area contributed by atoms with Crippen LogP contribution in [0.25, 0.3) is 10.8 Å². The van der Waals surface area contributed by atoms with Crippen LogP contribution >= 0.6 is 0 Å². The zero-order chi connectivity index (χ0) is 13.7. The van der Waals surface area contributed by atoms with E-state index in [9.17, 15) is 0 Å². The summed E-state index contributed by atoms with van der Waals surface area (Å²) in [5.74, 6) is 1.68. The van der Waals surface area contributed by atoms with Crippen molar-refractivity contribution in [1.29, 1.82) is 0 Å². The molecule has 102 valence electrons. The van der Waals surface area contributed by atoms with Gasteiger partial charge in [0.15, 0.2) is 0 Å². The average Bonchev–Trinajstić information content (AvgIpc) is 2.47. The van der Waals surface area contributed by atoms with Gasteiger partial charge in [-0.2, -0.15) is 0 Å². The highest BCUT2D eigenvalue weighted by Gasteiger charge is 2.08. The molecule has 2 rings (SSSR count). The molecule has 0 aliphatic carbocycles. The van der Waals surface area contributed by atoms with Gasteiger partial charge in [0.25, 0.3) is 0 Å². The van der Waals surface area contributed by atoms with Crippen molar-refractivity contribution >= 4 is 10.8 Å². The molecule has 2 heteroatoms. The number of hydrogen-bond donors (Lipinski definition) is 1. The van der Waals surface area contributed by atoms with E-state index in [1.807, 2.05) is 0 Å². The Morgan fingerprint density at radius 3 is 2.68 bits per heavy atom. The predicted molar refractivity (Wildman–Crippen MR) is 81.7 cm³/mol. The zero-order valence-corrected chi connectivity index (χ0v) is 12.1. The fourth-order valence-electron chi connectivity index (χ4n) is 2.28. The molecular formula is C17H23NO. The van der Waals surface area contributed by atoms with E-state index in [1.54, 1.807) is 7.11 Å². The lowest BCUT2D eigenvalue weighted by atomic mass is 10.0. The Kier molecular flexibility index (Phi) is 4.80. The third kappa shape index (κ3) is 3.27. The fourth-order valence-corrected chi connectivity index (χ4v) is 2.28. The highest BCUT2D eigenvalue weighted by molar-refractivity contribution is 5.87. The summed E-state index contributed by atoms with van der Waals surface area (Å²) in [6.07, 6.45) is 1.21. The number of hydrogen-bond acceptors (Lipinski definition) is 2. The Balaban J connectivity index is 2.23. The molecule has 1 atom stereocenters. The molecule has 2 aromatic carbocycles. The van der Waals surface area contributed by atoms with Gasteiger partial charge in [-0.15, -0.1) is 0 Å². The first-order chi connectivity index (χ1) is 9.26. The minimum Gasteiger partial charge on any atom is -0.496 e. The maximum absolute atomic E-state index is 5.50. The topological polar surface area (TPSA) is 21.3 Å². The number of methoxy groups -OCH3 is 1. The second kappa shape index (κ2) is 6.58. The second-order valence-electron chi connectivity index (χ2n) is 5.11. The third-order valence-electron chi connectivity index (χ3n) is 3.71. The van der Waals surface area contributed by atoms with Crippen molar-refractivity contribution in [3.05, 3.63) is 42.0 Å². The summed E-state index contributed by atoms with van der Waals surface area (Å²) in [5, 5.41) is 6.08. The highest BCUT2D eigenvalue weighted by atomic mass is 16.5. The van der Waals surface area contributed by atoms with E-state index in [0.29, 0.717) is 5.92 Å². The molecule has 19 heavy (non-hydrogen) atoms. The lowest BCUT2D eigenvalue weighted by Gasteiger charge is -2.14. The standard InChI is InChI=1S/C17H23NO/c1-4-13(2)11-18-12-16-15-8-6-5-7-14(15)9-10-17(16)19-3/h5-10,13,18H,4,11-12H2,1-3H3. The van der Waals surface area contributed by atoms with Crippen LogP contribution in [0.1, 0.15) is 25.8 Å². The molecule has 0 saturated carbocycles. The Hall–Kier alpha value is -1.54. The molecule has 0 aliphatic rings. The van der Waals surface area contributed by atoms with Gasteiger partial charge in [0.05, 0.1) is 7.11 Å². The number of fused-ring (bicyclic) bond motifs is 1. The van der Waals surface area contributed by atoms with Gasteiger partial charge in [0, 0.05) is 12.1 Å². The number of benzene rings is 2. The molecule has 0 aliphatic heterocycles. The van der Waals surface area contributed by atoms with E-state index < -0.39 is 0 Å². The van der Waals surface area contributed by atoms with Crippen LogP contribution in [0.2, 0.25) is 0 Å². The quantitative estimate of drug-likeness (QED) is 0.845. The monoisotopic (exact) mass is 257 g/mol. The molecule has 0 aromatic heterocycles.